The van der Waals surface area contributed by atoms with Crippen molar-refractivity contribution in [2.24, 2.45) is 0 Å². The zero-order valence-corrected chi connectivity index (χ0v) is 11.8. The standard InChI is InChI=1S/C14H21N3O2S/c1-15-20(18,19)10-11-4-5-14-13(8-11)12(9-16-14)6-7-17(2)3/h4-5,8-9,15-16H,6-7,10H2,1-3H3/i2D3,3D3,9D. The minimum atomic E-state index is -3.48. The number of likely N-dealkylation sites (N-methyl/N-ethyl adjacent to an activating group) is 1. The molecule has 1 aromatic carbocycles. The largest absolute Gasteiger partial charge is 0.361 e. The molecule has 110 valence electrons. The monoisotopic (exact) mass is 302 g/mol. The number of hydrogen-bond acceptors (Lipinski definition) is 3. The van der Waals surface area contributed by atoms with Crippen LogP contribution in [0.15, 0.2) is 24.4 Å². The first-order chi connectivity index (χ1) is 12.2. The minimum absolute atomic E-state index is 0.0118. The molecule has 0 aliphatic carbocycles. The van der Waals surface area contributed by atoms with E-state index in [1.807, 2.05) is 0 Å². The van der Waals surface area contributed by atoms with Gasteiger partial charge in [0.25, 0.3) is 0 Å². The average molecular weight is 302 g/mol. The van der Waals surface area contributed by atoms with Crippen molar-refractivity contribution in [3.05, 3.63) is 35.5 Å². The molecular weight excluding hydrogens is 274 g/mol. The Morgan fingerprint density at radius 1 is 1.45 bits per heavy atom. The number of fused-ring (bicyclic) bond motifs is 1. The maximum atomic E-state index is 11.7. The molecule has 0 radical (unpaired) electrons. The Kier molecular flexibility index (Phi) is 2.43. The smallest absolute Gasteiger partial charge is 0.215 e. The molecule has 20 heavy (non-hydrogen) atoms. The third-order valence-corrected chi connectivity index (χ3v) is 4.35. The van der Waals surface area contributed by atoms with Crippen molar-refractivity contribution in [1.82, 2.24) is 14.6 Å². The SMILES string of the molecule is [2H]c1[nH]c2ccc(CS(=O)(=O)NC)cc2c1CCN(C([2H])([2H])[2H])C([2H])([2H])[2H]. The third-order valence-electron chi connectivity index (χ3n) is 3.01. The van der Waals surface area contributed by atoms with Gasteiger partial charge in [0.2, 0.25) is 10.0 Å². The Morgan fingerprint density at radius 3 is 2.95 bits per heavy atom. The summed E-state index contributed by atoms with van der Waals surface area (Å²) in [6.07, 6.45) is 0.0485. The zero-order chi connectivity index (χ0) is 20.6. The van der Waals surface area contributed by atoms with Crippen LogP contribution in [0.1, 0.15) is 20.7 Å². The van der Waals surface area contributed by atoms with E-state index in [2.05, 4.69) is 9.71 Å². The quantitative estimate of drug-likeness (QED) is 0.846. The highest BCUT2D eigenvalue weighted by Gasteiger charge is 2.11. The van der Waals surface area contributed by atoms with E-state index in [0.717, 1.165) is 0 Å². The molecule has 0 fully saturated rings. The summed E-state index contributed by atoms with van der Waals surface area (Å²) in [6, 6.07) is 4.87. The van der Waals surface area contributed by atoms with Gasteiger partial charge < -0.3 is 9.88 Å². The van der Waals surface area contributed by atoms with Gasteiger partial charge in [0.1, 0.15) is 0 Å². The Hall–Kier alpha value is -1.37. The van der Waals surface area contributed by atoms with Gasteiger partial charge in [-0.15, -0.1) is 0 Å². The summed E-state index contributed by atoms with van der Waals surface area (Å²) >= 11 is 0. The lowest BCUT2D eigenvalue weighted by molar-refractivity contribution is 0.414. The molecule has 6 heteroatoms. The fourth-order valence-corrected chi connectivity index (χ4v) is 2.73. The van der Waals surface area contributed by atoms with E-state index < -0.39 is 24.0 Å². The van der Waals surface area contributed by atoms with Crippen molar-refractivity contribution in [3.8, 4) is 0 Å². The highest BCUT2D eigenvalue weighted by Crippen LogP contribution is 2.21. The second kappa shape index (κ2) is 5.95. The lowest BCUT2D eigenvalue weighted by Crippen LogP contribution is -2.20. The summed E-state index contributed by atoms with van der Waals surface area (Å²) in [4.78, 5) is 3.27. The lowest BCUT2D eigenvalue weighted by atomic mass is 10.1. The molecule has 5 nitrogen and oxygen atoms in total. The number of rotatable bonds is 6. The van der Waals surface area contributed by atoms with E-state index in [4.69, 9.17) is 9.60 Å². The Morgan fingerprint density at radius 2 is 2.25 bits per heavy atom. The number of H-pyrrole nitrogens is 1. The maximum absolute atomic E-state index is 11.7. The van der Waals surface area contributed by atoms with E-state index >= 15 is 0 Å². The summed E-state index contributed by atoms with van der Waals surface area (Å²) in [5, 5.41) is 0.569. The molecule has 2 rings (SSSR count). The highest BCUT2D eigenvalue weighted by molar-refractivity contribution is 7.88. The molecule has 0 atom stereocenters. The molecule has 2 N–H and O–H groups in total. The van der Waals surface area contributed by atoms with Crippen LogP contribution in [0.3, 0.4) is 0 Å². The van der Waals surface area contributed by atoms with Crippen molar-refractivity contribution < 1.29 is 18.0 Å². The van der Waals surface area contributed by atoms with Gasteiger partial charge in [0, 0.05) is 31.8 Å². The van der Waals surface area contributed by atoms with Crippen molar-refractivity contribution in [2.75, 3.05) is 27.5 Å². The molecule has 1 aromatic heterocycles. The van der Waals surface area contributed by atoms with E-state index in [9.17, 15) is 8.42 Å². The van der Waals surface area contributed by atoms with Crippen molar-refractivity contribution in [2.45, 2.75) is 12.2 Å². The second-order valence-corrected chi connectivity index (χ2v) is 6.40. The van der Waals surface area contributed by atoms with Crippen molar-refractivity contribution in [1.29, 1.82) is 0 Å². The fourth-order valence-electron chi connectivity index (χ4n) is 1.96. The van der Waals surface area contributed by atoms with E-state index in [-0.39, 0.29) is 24.9 Å². The Labute approximate surface area is 129 Å². The lowest BCUT2D eigenvalue weighted by Gasteiger charge is -2.08. The zero-order valence-electron chi connectivity index (χ0n) is 18.0. The van der Waals surface area contributed by atoms with Crippen LogP contribution < -0.4 is 4.72 Å². The molecule has 0 saturated heterocycles. The van der Waals surface area contributed by atoms with Crippen LogP contribution in [0, 0.1) is 0 Å². The van der Waals surface area contributed by atoms with Crippen LogP contribution in [-0.2, 0) is 22.2 Å². The molecule has 0 amide bonds. The van der Waals surface area contributed by atoms with E-state index in [1.54, 1.807) is 18.2 Å². The molecule has 0 aliphatic rings. The summed E-state index contributed by atoms with van der Waals surface area (Å²) < 4.78 is 78.3. The number of sulfonamides is 1. The van der Waals surface area contributed by atoms with Crippen LogP contribution in [0.2, 0.25) is 0 Å². The number of nitrogens with one attached hydrogen (secondary N) is 2. The molecule has 0 spiro atoms. The number of hydrogen-bond donors (Lipinski definition) is 2. The van der Waals surface area contributed by atoms with Crippen LogP contribution in [-0.4, -0.2) is 45.8 Å². The predicted octanol–water partition coefficient (Wildman–Crippen LogP) is 1.32. The summed E-state index contributed by atoms with van der Waals surface area (Å²) in [5.74, 6) is -0.242. The van der Waals surface area contributed by atoms with Gasteiger partial charge in [-0.1, -0.05) is 6.07 Å². The van der Waals surface area contributed by atoms with Crippen LogP contribution in [0.4, 0.5) is 0 Å². The second-order valence-electron chi connectivity index (χ2n) is 4.47. The predicted molar refractivity (Wildman–Crippen MR) is 82.2 cm³/mol. The molecule has 1 heterocycles. The third kappa shape index (κ3) is 3.59. The number of nitrogens with zero attached hydrogens (tertiary/aromatic N) is 1. The van der Waals surface area contributed by atoms with Crippen LogP contribution >= 0.6 is 0 Å². The highest BCUT2D eigenvalue weighted by atomic mass is 32.2. The number of benzene rings is 1. The van der Waals surface area contributed by atoms with Gasteiger partial charge in [-0.25, -0.2) is 13.1 Å². The van der Waals surface area contributed by atoms with Crippen LogP contribution in [0.5, 0.6) is 0 Å². The number of aromatic amines is 1. The molecule has 0 unspecified atom stereocenters. The molecule has 0 aliphatic heterocycles. The maximum Gasteiger partial charge on any atom is 0.215 e. The average Bonchev–Trinajstić information content (AvgIpc) is 2.80. The number of aromatic nitrogens is 1. The summed E-state index contributed by atoms with van der Waals surface area (Å²) in [6.45, 7) is -5.90. The van der Waals surface area contributed by atoms with Crippen LogP contribution in [0.25, 0.3) is 10.9 Å². The van der Waals surface area contributed by atoms with Gasteiger partial charge in [-0.05, 0) is 50.7 Å². The minimum Gasteiger partial charge on any atom is -0.361 e. The summed E-state index contributed by atoms with van der Waals surface area (Å²) in [7, 11) is -2.16. The van der Waals surface area contributed by atoms with Gasteiger partial charge in [0.15, 0.2) is 0 Å². The van der Waals surface area contributed by atoms with Gasteiger partial charge >= 0.3 is 0 Å². The Bertz CT molecular complexity index is 905. The fraction of sp³-hybridized carbons (Fsp3) is 0.429. The topological polar surface area (TPSA) is 65.2 Å². The first-order valence-corrected chi connectivity index (χ1v) is 7.69. The molecule has 2 aromatic rings. The first kappa shape index (κ1) is 8.17. The van der Waals surface area contributed by atoms with Gasteiger partial charge in [0.05, 0.1) is 7.12 Å². The van der Waals surface area contributed by atoms with Crippen molar-refractivity contribution in [3.63, 3.8) is 0 Å². The molecule has 0 saturated carbocycles. The normalized spacial score (nSPS) is 18.8. The van der Waals surface area contributed by atoms with E-state index in [0.29, 0.717) is 26.9 Å². The van der Waals surface area contributed by atoms with Gasteiger partial charge in [-0.3, -0.25) is 0 Å². The van der Waals surface area contributed by atoms with Gasteiger partial charge in [-0.2, -0.15) is 0 Å². The molecular formula is C14H21N3O2S. The Balaban J connectivity index is 2.36. The first-order valence-electron chi connectivity index (χ1n) is 9.53. The van der Waals surface area contributed by atoms with E-state index in [1.165, 1.54) is 7.05 Å². The van der Waals surface area contributed by atoms with Crippen molar-refractivity contribution >= 4 is 20.9 Å². The summed E-state index contributed by atoms with van der Waals surface area (Å²) in [5.41, 5.74) is 1.53. The molecule has 0 bridgehead atoms.